The second-order valence-electron chi connectivity index (χ2n) is 2.46. The van der Waals surface area contributed by atoms with Crippen LogP contribution in [0.1, 0.15) is 0 Å². The van der Waals surface area contributed by atoms with Gasteiger partial charge in [0, 0.05) is 6.54 Å². The molecule has 0 spiro atoms. The molecule has 12 heavy (non-hydrogen) atoms. The number of hydrogen-bond donors (Lipinski definition) is 1. The van der Waals surface area contributed by atoms with E-state index in [1.54, 1.807) is 12.1 Å². The fourth-order valence-corrected chi connectivity index (χ4v) is 0.842. The molecular formula is C9H12NO2. The van der Waals surface area contributed by atoms with Gasteiger partial charge in [0.05, 0.1) is 0 Å². The molecular weight excluding hydrogens is 154 g/mol. The number of benzene rings is 1. The molecule has 0 aliphatic heterocycles. The first-order chi connectivity index (χ1) is 5.86. The third-order valence-electron chi connectivity index (χ3n) is 1.49. The van der Waals surface area contributed by atoms with E-state index in [0.29, 0.717) is 5.75 Å². The summed E-state index contributed by atoms with van der Waals surface area (Å²) < 4.78 is 5.28. The minimum Gasteiger partial charge on any atom is -0.487 e. The minimum absolute atomic E-state index is 0.262. The van der Waals surface area contributed by atoms with Crippen molar-refractivity contribution in [1.82, 2.24) is 0 Å². The van der Waals surface area contributed by atoms with E-state index in [2.05, 4.69) is 0 Å². The molecule has 0 aliphatic rings. The van der Waals surface area contributed by atoms with Crippen LogP contribution in [-0.2, 0) is 5.11 Å². The smallest absolute Gasteiger partial charge is 0.137 e. The van der Waals surface area contributed by atoms with Crippen LogP contribution in [0, 0.1) is 0 Å². The molecule has 3 nitrogen and oxygen atoms in total. The Bertz CT molecular complexity index is 209. The first-order valence-corrected chi connectivity index (χ1v) is 3.86. The number of rotatable bonds is 4. The number of nitrogens with two attached hydrogens (primary N) is 1. The Morgan fingerprint density at radius 2 is 2.00 bits per heavy atom. The highest BCUT2D eigenvalue weighted by Gasteiger charge is 2.05. The van der Waals surface area contributed by atoms with E-state index in [0.717, 1.165) is 0 Å². The molecule has 65 valence electrons. The van der Waals surface area contributed by atoms with E-state index in [1.807, 2.05) is 18.2 Å². The molecule has 0 amide bonds. The number of para-hydroxylation sites is 1. The van der Waals surface area contributed by atoms with Gasteiger partial charge in [-0.2, -0.15) is 0 Å². The van der Waals surface area contributed by atoms with Crippen molar-refractivity contribution in [3.8, 4) is 5.75 Å². The van der Waals surface area contributed by atoms with E-state index < -0.39 is 6.10 Å². The second-order valence-corrected chi connectivity index (χ2v) is 2.46. The van der Waals surface area contributed by atoms with Crippen molar-refractivity contribution in [2.45, 2.75) is 6.10 Å². The summed E-state index contributed by atoms with van der Waals surface area (Å²) in [6.07, 6.45) is -0.410. The van der Waals surface area contributed by atoms with Crippen LogP contribution in [0.5, 0.6) is 5.75 Å². The first-order valence-electron chi connectivity index (χ1n) is 3.86. The summed E-state index contributed by atoms with van der Waals surface area (Å²) in [5.74, 6) is 0.698. The maximum atomic E-state index is 10.5. The topological polar surface area (TPSA) is 55.2 Å². The lowest BCUT2D eigenvalue weighted by atomic mass is 10.3. The van der Waals surface area contributed by atoms with Gasteiger partial charge in [-0.1, -0.05) is 18.2 Å². The van der Waals surface area contributed by atoms with E-state index in [9.17, 15) is 5.11 Å². The SMILES string of the molecule is NCC(C[O])Oc1ccccc1. The zero-order chi connectivity index (χ0) is 8.81. The van der Waals surface area contributed by atoms with Crippen LogP contribution in [0.4, 0.5) is 0 Å². The quantitative estimate of drug-likeness (QED) is 0.720. The van der Waals surface area contributed by atoms with Crippen LogP contribution in [0.3, 0.4) is 0 Å². The highest BCUT2D eigenvalue weighted by atomic mass is 16.5. The van der Waals surface area contributed by atoms with E-state index in [-0.39, 0.29) is 13.2 Å². The summed E-state index contributed by atoms with van der Waals surface area (Å²) in [6, 6.07) is 9.21. The van der Waals surface area contributed by atoms with Gasteiger partial charge in [-0.05, 0) is 12.1 Å². The zero-order valence-electron chi connectivity index (χ0n) is 6.77. The molecule has 1 unspecified atom stereocenters. The molecule has 1 atom stereocenters. The number of hydrogen-bond acceptors (Lipinski definition) is 2. The Hall–Kier alpha value is -1.06. The molecule has 0 aliphatic carbocycles. The predicted molar refractivity (Wildman–Crippen MR) is 45.5 cm³/mol. The predicted octanol–water partition coefficient (Wildman–Crippen LogP) is 0.823. The van der Waals surface area contributed by atoms with Crippen molar-refractivity contribution in [2.75, 3.05) is 13.2 Å². The lowest BCUT2D eigenvalue weighted by Crippen LogP contribution is -2.29. The molecule has 2 N–H and O–H groups in total. The summed E-state index contributed by atoms with van der Waals surface area (Å²) in [7, 11) is 0. The maximum Gasteiger partial charge on any atom is 0.137 e. The van der Waals surface area contributed by atoms with Gasteiger partial charge in [0.15, 0.2) is 0 Å². The molecule has 0 saturated heterocycles. The normalized spacial score (nSPS) is 12.5. The van der Waals surface area contributed by atoms with E-state index in [1.165, 1.54) is 0 Å². The summed E-state index contributed by atoms with van der Waals surface area (Å²) in [4.78, 5) is 0. The minimum atomic E-state index is -0.410. The molecule has 0 bridgehead atoms. The van der Waals surface area contributed by atoms with E-state index in [4.69, 9.17) is 10.5 Å². The van der Waals surface area contributed by atoms with Gasteiger partial charge >= 0.3 is 0 Å². The molecule has 1 aromatic rings. The Morgan fingerprint density at radius 1 is 1.33 bits per heavy atom. The van der Waals surface area contributed by atoms with Crippen molar-refractivity contribution in [3.05, 3.63) is 30.3 Å². The van der Waals surface area contributed by atoms with Crippen LogP contribution in [0.2, 0.25) is 0 Å². The van der Waals surface area contributed by atoms with Gasteiger partial charge in [-0.15, -0.1) is 0 Å². The average Bonchev–Trinajstić information content (AvgIpc) is 2.16. The summed E-state index contributed by atoms with van der Waals surface area (Å²) in [5, 5.41) is 10.5. The Morgan fingerprint density at radius 3 is 2.50 bits per heavy atom. The highest BCUT2D eigenvalue weighted by Crippen LogP contribution is 2.09. The summed E-state index contributed by atoms with van der Waals surface area (Å²) in [5.41, 5.74) is 5.31. The van der Waals surface area contributed by atoms with Crippen molar-refractivity contribution in [2.24, 2.45) is 5.73 Å². The largest absolute Gasteiger partial charge is 0.487 e. The van der Waals surface area contributed by atoms with Crippen LogP contribution >= 0.6 is 0 Å². The highest BCUT2D eigenvalue weighted by molar-refractivity contribution is 5.21. The molecule has 0 saturated carbocycles. The summed E-state index contributed by atoms with van der Waals surface area (Å²) >= 11 is 0. The average molecular weight is 166 g/mol. The summed E-state index contributed by atoms with van der Waals surface area (Å²) in [6.45, 7) is -0.0379. The van der Waals surface area contributed by atoms with Gasteiger partial charge < -0.3 is 10.5 Å². The molecule has 0 aromatic heterocycles. The van der Waals surface area contributed by atoms with E-state index >= 15 is 0 Å². The third kappa shape index (κ3) is 2.53. The van der Waals surface area contributed by atoms with Crippen molar-refractivity contribution >= 4 is 0 Å². The van der Waals surface area contributed by atoms with Crippen molar-refractivity contribution in [3.63, 3.8) is 0 Å². The van der Waals surface area contributed by atoms with Gasteiger partial charge in [0.2, 0.25) is 0 Å². The fourth-order valence-electron chi connectivity index (χ4n) is 0.842. The van der Waals surface area contributed by atoms with Gasteiger partial charge in [0.1, 0.15) is 18.5 Å². The van der Waals surface area contributed by atoms with Crippen LogP contribution in [0.25, 0.3) is 0 Å². The first kappa shape index (κ1) is 9.03. The molecule has 1 aromatic carbocycles. The standard InChI is InChI=1S/C9H12NO2/c10-6-9(7-11)12-8-4-2-1-3-5-8/h1-5,9H,6-7,10H2. The maximum absolute atomic E-state index is 10.5. The Balaban J connectivity index is 2.51. The molecule has 3 heteroatoms. The van der Waals surface area contributed by atoms with Crippen molar-refractivity contribution < 1.29 is 9.84 Å². The molecule has 0 fully saturated rings. The lowest BCUT2D eigenvalue weighted by molar-refractivity contribution is 0.0768. The van der Waals surface area contributed by atoms with Gasteiger partial charge in [-0.25, -0.2) is 5.11 Å². The number of ether oxygens (including phenoxy) is 1. The van der Waals surface area contributed by atoms with Gasteiger partial charge in [0.25, 0.3) is 0 Å². The molecule has 1 rings (SSSR count). The zero-order valence-corrected chi connectivity index (χ0v) is 6.77. The Labute approximate surface area is 71.8 Å². The lowest BCUT2D eigenvalue weighted by Gasteiger charge is -2.13. The fraction of sp³-hybridized carbons (Fsp3) is 0.333. The molecule has 0 heterocycles. The molecule has 1 radical (unpaired) electrons. The van der Waals surface area contributed by atoms with Crippen LogP contribution in [-0.4, -0.2) is 19.3 Å². The van der Waals surface area contributed by atoms with Crippen LogP contribution < -0.4 is 10.5 Å². The van der Waals surface area contributed by atoms with Gasteiger partial charge in [-0.3, -0.25) is 0 Å². The third-order valence-corrected chi connectivity index (χ3v) is 1.49. The van der Waals surface area contributed by atoms with Crippen molar-refractivity contribution in [1.29, 1.82) is 0 Å². The van der Waals surface area contributed by atoms with Crippen LogP contribution in [0.15, 0.2) is 30.3 Å². The second kappa shape index (κ2) is 4.74. The Kier molecular flexibility index (Phi) is 3.57. The monoisotopic (exact) mass is 166 g/mol.